The van der Waals surface area contributed by atoms with Crippen molar-refractivity contribution in [1.29, 1.82) is 0 Å². The van der Waals surface area contributed by atoms with Gasteiger partial charge in [0.2, 0.25) is 0 Å². The molecule has 2 aromatic carbocycles. The van der Waals surface area contributed by atoms with Crippen LogP contribution in [0.5, 0.6) is 5.75 Å². The van der Waals surface area contributed by atoms with Crippen LogP contribution in [0, 0.1) is 0 Å². The highest BCUT2D eigenvalue weighted by Gasteiger charge is 2.25. The van der Waals surface area contributed by atoms with Crippen LogP contribution in [-0.2, 0) is 6.42 Å². The van der Waals surface area contributed by atoms with Gasteiger partial charge in [-0.25, -0.2) is 4.98 Å². The molecule has 1 aliphatic rings. The minimum Gasteiger partial charge on any atom is -0.497 e. The van der Waals surface area contributed by atoms with Crippen LogP contribution in [0.3, 0.4) is 0 Å². The summed E-state index contributed by atoms with van der Waals surface area (Å²) in [5.74, 6) is 0.849. The van der Waals surface area contributed by atoms with Gasteiger partial charge in [0.15, 0.2) is 0 Å². The molecule has 1 aromatic heterocycles. The summed E-state index contributed by atoms with van der Waals surface area (Å²) in [5.41, 5.74) is 6.38. The van der Waals surface area contributed by atoms with Crippen LogP contribution < -0.4 is 4.74 Å². The number of ether oxygens (including phenoxy) is 1. The topological polar surface area (TPSA) is 45.6 Å². The van der Waals surface area contributed by atoms with E-state index in [0.717, 1.165) is 29.8 Å². The van der Waals surface area contributed by atoms with Gasteiger partial charge >= 0.3 is 0 Å². The molecule has 0 aliphatic carbocycles. The molecular formula is C20H22N2O2S. The zero-order valence-corrected chi connectivity index (χ0v) is 15.3. The van der Waals surface area contributed by atoms with Crippen LogP contribution in [0.2, 0.25) is 0 Å². The predicted octanol–water partition coefficient (Wildman–Crippen LogP) is 3.96. The highest BCUT2D eigenvalue weighted by Crippen LogP contribution is 2.32. The number of hydrogen-bond acceptors (Lipinski definition) is 5. The Hall–Kier alpha value is -1.95. The Balaban J connectivity index is 1.59. The lowest BCUT2D eigenvalue weighted by Crippen LogP contribution is -2.31. The fourth-order valence-electron chi connectivity index (χ4n) is 3.62. The van der Waals surface area contributed by atoms with Crippen LogP contribution in [0.1, 0.15) is 35.8 Å². The molecule has 0 unspecified atom stereocenters. The van der Waals surface area contributed by atoms with Gasteiger partial charge in [-0.2, -0.15) is 0 Å². The second-order valence-corrected chi connectivity index (χ2v) is 7.47. The summed E-state index contributed by atoms with van der Waals surface area (Å²) in [7, 11) is 1.68. The summed E-state index contributed by atoms with van der Waals surface area (Å²) >= 11 is 1.67. The summed E-state index contributed by atoms with van der Waals surface area (Å²) < 4.78 is 6.55. The van der Waals surface area contributed by atoms with Gasteiger partial charge in [-0.05, 0) is 54.3 Å². The van der Waals surface area contributed by atoms with Crippen LogP contribution >= 0.6 is 11.3 Å². The second-order valence-electron chi connectivity index (χ2n) is 6.58. The average Bonchev–Trinajstić information content (AvgIpc) is 3.05. The summed E-state index contributed by atoms with van der Waals surface area (Å²) in [5, 5.41) is 10.7. The van der Waals surface area contributed by atoms with Crippen LogP contribution in [-0.4, -0.2) is 35.2 Å². The molecule has 0 fully saturated rings. The number of aliphatic hydroxyl groups excluding tert-OH is 1. The lowest BCUT2D eigenvalue weighted by molar-refractivity contribution is 0.0985. The molecular weight excluding hydrogens is 332 g/mol. The van der Waals surface area contributed by atoms with E-state index in [0.29, 0.717) is 6.54 Å². The van der Waals surface area contributed by atoms with Crippen molar-refractivity contribution in [2.45, 2.75) is 25.5 Å². The van der Waals surface area contributed by atoms with E-state index >= 15 is 0 Å². The third kappa shape index (κ3) is 3.15. The highest BCUT2D eigenvalue weighted by atomic mass is 32.1. The normalized spacial score (nSPS) is 19.4. The number of benzene rings is 2. The molecule has 0 saturated carbocycles. The van der Waals surface area contributed by atoms with Crippen LogP contribution in [0.15, 0.2) is 41.9 Å². The zero-order valence-electron chi connectivity index (χ0n) is 14.5. The van der Waals surface area contributed by atoms with Gasteiger partial charge in [-0.1, -0.05) is 12.1 Å². The van der Waals surface area contributed by atoms with E-state index in [1.54, 1.807) is 18.4 Å². The van der Waals surface area contributed by atoms with E-state index in [9.17, 15) is 5.11 Å². The van der Waals surface area contributed by atoms with E-state index in [1.165, 1.54) is 15.8 Å². The maximum Gasteiger partial charge on any atom is 0.119 e. The average molecular weight is 354 g/mol. The summed E-state index contributed by atoms with van der Waals surface area (Å²) in [4.78, 5) is 6.78. The van der Waals surface area contributed by atoms with Crippen molar-refractivity contribution in [3.05, 3.63) is 58.6 Å². The largest absolute Gasteiger partial charge is 0.497 e. The number of nitrogens with zero attached hydrogens (tertiary/aromatic N) is 2. The van der Waals surface area contributed by atoms with Gasteiger partial charge in [0, 0.05) is 19.1 Å². The van der Waals surface area contributed by atoms with Crippen molar-refractivity contribution in [1.82, 2.24) is 9.88 Å². The van der Waals surface area contributed by atoms with Gasteiger partial charge in [-0.3, -0.25) is 4.90 Å². The van der Waals surface area contributed by atoms with E-state index in [-0.39, 0.29) is 6.04 Å². The molecule has 4 rings (SSSR count). The predicted molar refractivity (Wildman–Crippen MR) is 101 cm³/mol. The number of hydrogen-bond donors (Lipinski definition) is 1. The lowest BCUT2D eigenvalue weighted by atomic mass is 10.0. The molecule has 130 valence electrons. The number of aromatic nitrogens is 1. The SMILES string of the molecule is COc1ccc2c(c1)CCN([C@@H](C)c1ccc3scnc3c1)C[C@H]2O. The fourth-order valence-corrected chi connectivity index (χ4v) is 4.28. The maximum absolute atomic E-state index is 10.7. The summed E-state index contributed by atoms with van der Waals surface area (Å²) in [6.07, 6.45) is 0.432. The summed E-state index contributed by atoms with van der Waals surface area (Å²) in [6, 6.07) is 12.7. The Morgan fingerprint density at radius 2 is 2.16 bits per heavy atom. The zero-order chi connectivity index (χ0) is 17.4. The van der Waals surface area contributed by atoms with E-state index < -0.39 is 6.10 Å². The molecule has 0 radical (unpaired) electrons. The maximum atomic E-state index is 10.7. The van der Waals surface area contributed by atoms with Crippen molar-refractivity contribution in [3.63, 3.8) is 0 Å². The van der Waals surface area contributed by atoms with Crippen molar-refractivity contribution in [3.8, 4) is 5.75 Å². The van der Waals surface area contributed by atoms with Gasteiger partial charge in [0.25, 0.3) is 0 Å². The third-order valence-corrected chi connectivity index (χ3v) is 5.98. The molecule has 0 bridgehead atoms. The molecule has 4 nitrogen and oxygen atoms in total. The standard InChI is InChI=1S/C20H22N2O2S/c1-13(14-3-6-20-18(10-14)21-12-25-20)22-8-7-15-9-16(24-2)4-5-17(15)19(23)11-22/h3-6,9-10,12-13,19,23H,7-8,11H2,1-2H3/t13-,19+/m0/s1. The number of methoxy groups -OCH3 is 1. The van der Waals surface area contributed by atoms with E-state index in [4.69, 9.17) is 4.74 Å². The molecule has 25 heavy (non-hydrogen) atoms. The van der Waals surface area contributed by atoms with Crippen molar-refractivity contribution >= 4 is 21.6 Å². The first-order valence-corrected chi connectivity index (χ1v) is 9.46. The number of β-amino-alcohol motifs (C(OH)–C–C–N with tert-alkyl or cyclic N) is 1. The van der Waals surface area contributed by atoms with Gasteiger partial charge in [-0.15, -0.1) is 11.3 Å². The molecule has 0 spiro atoms. The number of rotatable bonds is 3. The van der Waals surface area contributed by atoms with Crippen LogP contribution in [0.4, 0.5) is 0 Å². The first kappa shape index (κ1) is 16.5. The number of thiazole rings is 1. The quantitative estimate of drug-likeness (QED) is 0.773. The van der Waals surface area contributed by atoms with Crippen molar-refractivity contribution in [2.24, 2.45) is 0 Å². The first-order chi connectivity index (χ1) is 12.2. The molecule has 3 aromatic rings. The Morgan fingerprint density at radius 3 is 3.00 bits per heavy atom. The smallest absolute Gasteiger partial charge is 0.119 e. The number of aliphatic hydroxyl groups is 1. The minimum absolute atomic E-state index is 0.233. The monoisotopic (exact) mass is 354 g/mol. The third-order valence-electron chi connectivity index (χ3n) is 5.17. The molecule has 0 amide bonds. The van der Waals surface area contributed by atoms with Crippen molar-refractivity contribution < 1.29 is 9.84 Å². The van der Waals surface area contributed by atoms with Crippen molar-refractivity contribution in [2.75, 3.05) is 20.2 Å². The molecule has 0 saturated heterocycles. The Morgan fingerprint density at radius 1 is 1.28 bits per heavy atom. The fraction of sp³-hybridized carbons (Fsp3) is 0.350. The number of fused-ring (bicyclic) bond motifs is 2. The molecule has 1 aliphatic heterocycles. The Labute approximate surface area is 151 Å². The Bertz CT molecular complexity index is 892. The van der Waals surface area contributed by atoms with E-state index in [1.807, 2.05) is 23.7 Å². The van der Waals surface area contributed by atoms with Gasteiger partial charge in [0.1, 0.15) is 5.75 Å². The minimum atomic E-state index is -0.478. The molecule has 2 atom stereocenters. The molecule has 5 heteroatoms. The highest BCUT2D eigenvalue weighted by molar-refractivity contribution is 7.16. The molecule has 2 heterocycles. The van der Waals surface area contributed by atoms with Gasteiger partial charge in [0.05, 0.1) is 28.9 Å². The van der Waals surface area contributed by atoms with Crippen LogP contribution in [0.25, 0.3) is 10.2 Å². The lowest BCUT2D eigenvalue weighted by Gasteiger charge is -2.29. The first-order valence-electron chi connectivity index (χ1n) is 8.58. The van der Waals surface area contributed by atoms with Gasteiger partial charge < -0.3 is 9.84 Å². The van der Waals surface area contributed by atoms with E-state index in [2.05, 4.69) is 35.0 Å². The summed E-state index contributed by atoms with van der Waals surface area (Å²) in [6.45, 7) is 3.75. The second kappa shape index (κ2) is 6.75. The molecule has 1 N–H and O–H groups in total. The Kier molecular flexibility index (Phi) is 4.46.